The van der Waals surface area contributed by atoms with Crippen LogP contribution in [0.15, 0.2) is 10.3 Å². The summed E-state index contributed by atoms with van der Waals surface area (Å²) in [7, 11) is -3.93. The maximum Gasteiger partial charge on any atom is 0.300 e. The van der Waals surface area contributed by atoms with E-state index in [1.165, 1.54) is 0 Å². The van der Waals surface area contributed by atoms with Crippen molar-refractivity contribution in [3.05, 3.63) is 20.5 Å². The van der Waals surface area contributed by atoms with Crippen LogP contribution in [0.1, 0.15) is 25.7 Å². The molecule has 1 saturated carbocycles. The number of hydrogen-bond donors (Lipinski definition) is 2. The van der Waals surface area contributed by atoms with Gasteiger partial charge in [0.05, 0.1) is 17.1 Å². The van der Waals surface area contributed by atoms with Crippen LogP contribution in [-0.4, -0.2) is 30.6 Å². The minimum absolute atomic E-state index is 0.181. The molecule has 2 rings (SSSR count). The summed E-state index contributed by atoms with van der Waals surface area (Å²) in [5.41, 5.74) is -1.30. The standard InChI is InChI=1S/C10H13ClN2O5S2/c11-9-7(13(15)16)5-8(19-9)20(17,18)12-10(6-14)3-1-2-4-10/h5,12,14H,1-4,6H2. The Labute approximate surface area is 124 Å². The van der Waals surface area contributed by atoms with Gasteiger partial charge in [0.25, 0.3) is 15.7 Å². The van der Waals surface area contributed by atoms with E-state index in [1.807, 2.05) is 0 Å². The van der Waals surface area contributed by atoms with E-state index in [-0.39, 0.29) is 15.2 Å². The Balaban J connectivity index is 2.31. The molecule has 10 heteroatoms. The fraction of sp³-hybridized carbons (Fsp3) is 0.600. The van der Waals surface area contributed by atoms with E-state index >= 15 is 0 Å². The zero-order chi connectivity index (χ0) is 15.0. The Bertz CT molecular complexity index is 622. The maximum absolute atomic E-state index is 12.2. The summed E-state index contributed by atoms with van der Waals surface area (Å²) in [6.07, 6.45) is 2.75. The van der Waals surface area contributed by atoms with Gasteiger partial charge in [-0.25, -0.2) is 13.1 Å². The molecule has 0 bridgehead atoms. The SMILES string of the molecule is O=[N+]([O-])c1cc(S(=O)(=O)NC2(CO)CCCC2)sc1Cl. The number of nitro groups is 1. The summed E-state index contributed by atoms with van der Waals surface area (Å²) >= 11 is 6.30. The molecule has 1 aromatic rings. The van der Waals surface area contributed by atoms with Gasteiger partial charge in [-0.1, -0.05) is 24.4 Å². The number of sulfonamides is 1. The van der Waals surface area contributed by atoms with Crippen LogP contribution in [0.2, 0.25) is 4.34 Å². The molecule has 1 aliphatic carbocycles. The molecule has 0 amide bonds. The fourth-order valence-electron chi connectivity index (χ4n) is 2.27. The molecule has 0 saturated heterocycles. The Morgan fingerprint density at radius 1 is 1.50 bits per heavy atom. The molecule has 0 atom stereocenters. The summed E-state index contributed by atoms with van der Waals surface area (Å²) in [5.74, 6) is 0. The van der Waals surface area contributed by atoms with Crippen LogP contribution >= 0.6 is 22.9 Å². The van der Waals surface area contributed by atoms with E-state index < -0.39 is 26.2 Å². The zero-order valence-corrected chi connectivity index (χ0v) is 12.7. The van der Waals surface area contributed by atoms with Crippen LogP contribution in [0.25, 0.3) is 0 Å². The summed E-state index contributed by atoms with van der Waals surface area (Å²) in [4.78, 5) is 9.97. The van der Waals surface area contributed by atoms with Gasteiger partial charge < -0.3 is 5.11 Å². The molecule has 0 unspecified atom stereocenters. The van der Waals surface area contributed by atoms with Gasteiger partial charge in [-0.2, -0.15) is 0 Å². The fourth-order valence-corrected chi connectivity index (χ4v) is 5.39. The molecule has 1 aromatic heterocycles. The first-order valence-electron chi connectivity index (χ1n) is 5.88. The highest BCUT2D eigenvalue weighted by molar-refractivity contribution is 7.91. The third-order valence-corrected chi connectivity index (χ3v) is 6.71. The van der Waals surface area contributed by atoms with Crippen LogP contribution in [0.5, 0.6) is 0 Å². The number of hydrogen-bond acceptors (Lipinski definition) is 6. The van der Waals surface area contributed by atoms with Gasteiger partial charge >= 0.3 is 0 Å². The number of aliphatic hydroxyl groups excluding tert-OH is 1. The highest BCUT2D eigenvalue weighted by Gasteiger charge is 2.38. The van der Waals surface area contributed by atoms with Gasteiger partial charge in [0, 0.05) is 6.07 Å². The average Bonchev–Trinajstić information content (AvgIpc) is 2.96. The minimum Gasteiger partial charge on any atom is -0.394 e. The summed E-state index contributed by atoms with van der Waals surface area (Å²) in [5, 5.41) is 20.1. The van der Waals surface area contributed by atoms with Gasteiger partial charge in [0.2, 0.25) is 0 Å². The summed E-state index contributed by atoms with van der Waals surface area (Å²) < 4.78 is 26.6. The van der Waals surface area contributed by atoms with Crippen LogP contribution in [0, 0.1) is 10.1 Å². The first-order valence-corrected chi connectivity index (χ1v) is 8.56. The van der Waals surface area contributed by atoms with Gasteiger partial charge in [0.1, 0.15) is 4.21 Å². The molecule has 0 radical (unpaired) electrons. The van der Waals surface area contributed by atoms with Gasteiger partial charge in [0.15, 0.2) is 4.34 Å². The Kier molecular flexibility index (Phi) is 4.35. The number of thiophene rings is 1. The maximum atomic E-state index is 12.2. The predicted molar refractivity (Wildman–Crippen MR) is 74.6 cm³/mol. The van der Waals surface area contributed by atoms with E-state index in [2.05, 4.69) is 4.72 Å². The summed E-state index contributed by atoms with van der Waals surface area (Å²) in [6.45, 7) is -0.298. The van der Waals surface area contributed by atoms with Crippen LogP contribution in [-0.2, 0) is 10.0 Å². The molecule has 20 heavy (non-hydrogen) atoms. The smallest absolute Gasteiger partial charge is 0.300 e. The van der Waals surface area contributed by atoms with Crippen molar-refractivity contribution in [1.29, 1.82) is 0 Å². The van der Waals surface area contributed by atoms with Crippen molar-refractivity contribution in [2.45, 2.75) is 35.4 Å². The van der Waals surface area contributed by atoms with E-state index in [9.17, 15) is 23.6 Å². The van der Waals surface area contributed by atoms with Crippen molar-refractivity contribution in [1.82, 2.24) is 4.72 Å². The summed E-state index contributed by atoms with van der Waals surface area (Å²) in [6, 6.07) is 0.940. The zero-order valence-electron chi connectivity index (χ0n) is 10.3. The third kappa shape index (κ3) is 2.96. The number of aliphatic hydroxyl groups is 1. The first kappa shape index (κ1) is 15.6. The average molecular weight is 341 g/mol. The van der Waals surface area contributed by atoms with Crippen LogP contribution in [0.3, 0.4) is 0 Å². The van der Waals surface area contributed by atoms with Crippen molar-refractivity contribution in [3.8, 4) is 0 Å². The monoisotopic (exact) mass is 340 g/mol. The molecule has 0 spiro atoms. The number of nitrogens with one attached hydrogen (secondary N) is 1. The van der Waals surface area contributed by atoms with Crippen molar-refractivity contribution in [2.24, 2.45) is 0 Å². The molecule has 1 aliphatic rings. The minimum atomic E-state index is -3.93. The first-order chi connectivity index (χ1) is 9.30. The number of rotatable bonds is 5. The molecule has 7 nitrogen and oxygen atoms in total. The second-order valence-corrected chi connectivity index (χ2v) is 8.30. The van der Waals surface area contributed by atoms with Crippen molar-refractivity contribution >= 4 is 38.6 Å². The lowest BCUT2D eigenvalue weighted by Gasteiger charge is -2.26. The molecule has 112 valence electrons. The Morgan fingerprint density at radius 2 is 2.10 bits per heavy atom. The van der Waals surface area contributed by atoms with Crippen molar-refractivity contribution in [2.75, 3.05) is 6.61 Å². The quantitative estimate of drug-likeness (QED) is 0.628. The molecule has 1 heterocycles. The molecule has 2 N–H and O–H groups in total. The van der Waals surface area contributed by atoms with Gasteiger partial charge in [-0.15, -0.1) is 11.3 Å². The van der Waals surface area contributed by atoms with E-state index in [0.717, 1.165) is 18.9 Å². The molecular weight excluding hydrogens is 328 g/mol. The normalized spacial score (nSPS) is 18.3. The lowest BCUT2D eigenvalue weighted by Crippen LogP contribution is -2.48. The molecule has 1 fully saturated rings. The Hall–Kier alpha value is -0.740. The molecule has 0 aliphatic heterocycles. The second kappa shape index (κ2) is 5.57. The Morgan fingerprint density at radius 3 is 2.55 bits per heavy atom. The van der Waals surface area contributed by atoms with Gasteiger partial charge in [-0.05, 0) is 12.8 Å². The number of nitrogens with zero attached hydrogens (tertiary/aromatic N) is 1. The van der Waals surface area contributed by atoms with Crippen LogP contribution in [0.4, 0.5) is 5.69 Å². The van der Waals surface area contributed by atoms with Gasteiger partial charge in [-0.3, -0.25) is 10.1 Å². The highest BCUT2D eigenvalue weighted by Crippen LogP contribution is 2.38. The van der Waals surface area contributed by atoms with Crippen molar-refractivity contribution in [3.63, 3.8) is 0 Å². The lowest BCUT2D eigenvalue weighted by atomic mass is 10.0. The van der Waals surface area contributed by atoms with E-state index in [4.69, 9.17) is 11.6 Å². The van der Waals surface area contributed by atoms with Crippen molar-refractivity contribution < 1.29 is 18.4 Å². The van der Waals surface area contributed by atoms with E-state index in [0.29, 0.717) is 24.2 Å². The predicted octanol–water partition coefficient (Wildman–Crippen LogP) is 1.89. The third-order valence-electron chi connectivity index (χ3n) is 3.32. The largest absolute Gasteiger partial charge is 0.394 e. The molecule has 0 aromatic carbocycles. The number of halogens is 1. The van der Waals surface area contributed by atoms with E-state index in [1.54, 1.807) is 0 Å². The van der Waals surface area contributed by atoms with Crippen LogP contribution < -0.4 is 4.72 Å². The molecular formula is C10H13ClN2O5S2. The highest BCUT2D eigenvalue weighted by atomic mass is 35.5. The lowest BCUT2D eigenvalue weighted by molar-refractivity contribution is -0.384. The second-order valence-electron chi connectivity index (χ2n) is 4.73. The topological polar surface area (TPSA) is 110 Å².